The standard InChI is InChI=1S/C16H20F3NO4/c1-10-7-14(15(22)24-10)20(2)8-12(21)9-23-13-5-3-11(4-6-13)16(17,18)19/h3-6,10,12,14,21H,7-9H2,1-2H3. The van der Waals surface area contributed by atoms with E-state index in [1.54, 1.807) is 18.9 Å². The fourth-order valence-electron chi connectivity index (χ4n) is 2.54. The average molecular weight is 347 g/mol. The van der Waals surface area contributed by atoms with E-state index in [-0.39, 0.29) is 31.0 Å². The van der Waals surface area contributed by atoms with Gasteiger partial charge >= 0.3 is 12.1 Å². The molecule has 1 aromatic rings. The monoisotopic (exact) mass is 347 g/mol. The van der Waals surface area contributed by atoms with Crippen LogP contribution in [0.2, 0.25) is 0 Å². The number of benzene rings is 1. The van der Waals surface area contributed by atoms with Gasteiger partial charge < -0.3 is 14.6 Å². The number of aliphatic hydroxyl groups is 1. The summed E-state index contributed by atoms with van der Waals surface area (Å²) in [5.41, 5.74) is -0.760. The number of cyclic esters (lactones) is 1. The smallest absolute Gasteiger partial charge is 0.416 e. The van der Waals surface area contributed by atoms with Crippen molar-refractivity contribution in [2.24, 2.45) is 0 Å². The molecule has 1 fully saturated rings. The minimum Gasteiger partial charge on any atom is -0.491 e. The molecule has 1 N–H and O–H groups in total. The summed E-state index contributed by atoms with van der Waals surface area (Å²) in [5.74, 6) is -0.0838. The summed E-state index contributed by atoms with van der Waals surface area (Å²) in [4.78, 5) is 13.3. The lowest BCUT2D eigenvalue weighted by atomic mass is 10.1. The van der Waals surface area contributed by atoms with Crippen molar-refractivity contribution in [2.75, 3.05) is 20.2 Å². The summed E-state index contributed by atoms with van der Waals surface area (Å²) in [5, 5.41) is 9.98. The van der Waals surface area contributed by atoms with Crippen molar-refractivity contribution in [3.8, 4) is 5.75 Å². The molecule has 1 aliphatic heterocycles. The molecule has 0 saturated carbocycles. The Hall–Kier alpha value is -1.80. The Bertz CT molecular complexity index is 561. The Balaban J connectivity index is 1.80. The predicted octanol–water partition coefficient (Wildman–Crippen LogP) is 2.08. The molecule has 0 radical (unpaired) electrons. The number of esters is 1. The quantitative estimate of drug-likeness (QED) is 0.799. The summed E-state index contributed by atoms with van der Waals surface area (Å²) >= 11 is 0. The van der Waals surface area contributed by atoms with Gasteiger partial charge in [-0.05, 0) is 38.2 Å². The van der Waals surface area contributed by atoms with Crippen molar-refractivity contribution in [2.45, 2.75) is 37.8 Å². The Labute approximate surface area is 138 Å². The lowest BCUT2D eigenvalue weighted by Crippen LogP contribution is -2.41. The SMILES string of the molecule is CC1CC(N(C)CC(O)COc2ccc(C(F)(F)F)cc2)C(=O)O1. The summed E-state index contributed by atoms with van der Waals surface area (Å²) < 4.78 is 47.7. The molecule has 0 aromatic heterocycles. The maximum atomic E-state index is 12.5. The van der Waals surface area contributed by atoms with Gasteiger partial charge in [-0.3, -0.25) is 9.69 Å². The van der Waals surface area contributed by atoms with Gasteiger partial charge in [-0.15, -0.1) is 0 Å². The molecule has 1 aromatic carbocycles. The largest absolute Gasteiger partial charge is 0.491 e. The second-order valence-corrected chi connectivity index (χ2v) is 5.93. The van der Waals surface area contributed by atoms with E-state index in [1.165, 1.54) is 12.1 Å². The molecule has 8 heteroatoms. The van der Waals surface area contributed by atoms with E-state index in [9.17, 15) is 23.1 Å². The molecule has 3 atom stereocenters. The van der Waals surface area contributed by atoms with Crippen LogP contribution in [0, 0.1) is 0 Å². The number of hydrogen-bond acceptors (Lipinski definition) is 5. The first kappa shape index (κ1) is 18.5. The van der Waals surface area contributed by atoms with Gasteiger partial charge in [0.25, 0.3) is 0 Å². The zero-order chi connectivity index (χ0) is 17.9. The van der Waals surface area contributed by atoms with Crippen LogP contribution in [0.1, 0.15) is 18.9 Å². The van der Waals surface area contributed by atoms with Crippen molar-refractivity contribution >= 4 is 5.97 Å². The molecule has 3 unspecified atom stereocenters. The van der Waals surface area contributed by atoms with Crippen molar-refractivity contribution < 1.29 is 32.5 Å². The third kappa shape index (κ3) is 4.85. The number of aliphatic hydroxyl groups excluding tert-OH is 1. The van der Waals surface area contributed by atoms with Crippen LogP contribution in [0.5, 0.6) is 5.75 Å². The Morgan fingerprint density at radius 3 is 2.50 bits per heavy atom. The first-order chi connectivity index (χ1) is 11.2. The van der Waals surface area contributed by atoms with Crippen LogP contribution in [0.3, 0.4) is 0 Å². The van der Waals surface area contributed by atoms with Crippen molar-refractivity contribution in [3.05, 3.63) is 29.8 Å². The zero-order valence-corrected chi connectivity index (χ0v) is 13.4. The van der Waals surface area contributed by atoms with Gasteiger partial charge in [0.2, 0.25) is 0 Å². The number of hydrogen-bond donors (Lipinski definition) is 1. The minimum absolute atomic E-state index is 0.0903. The van der Waals surface area contributed by atoms with Crippen molar-refractivity contribution in [1.29, 1.82) is 0 Å². The van der Waals surface area contributed by atoms with E-state index in [4.69, 9.17) is 9.47 Å². The highest BCUT2D eigenvalue weighted by molar-refractivity contribution is 5.77. The number of carbonyl (C=O) groups excluding carboxylic acids is 1. The third-order valence-corrected chi connectivity index (χ3v) is 3.80. The van der Waals surface area contributed by atoms with Gasteiger partial charge in [0.1, 0.15) is 30.6 Å². The Morgan fingerprint density at radius 1 is 1.38 bits per heavy atom. The van der Waals surface area contributed by atoms with Crippen molar-refractivity contribution in [3.63, 3.8) is 0 Å². The first-order valence-corrected chi connectivity index (χ1v) is 7.55. The molecule has 1 aliphatic rings. The van der Waals surface area contributed by atoms with Gasteiger partial charge in [-0.25, -0.2) is 0 Å². The van der Waals surface area contributed by atoms with Gasteiger partial charge in [0.05, 0.1) is 5.56 Å². The van der Waals surface area contributed by atoms with Crippen LogP contribution < -0.4 is 4.74 Å². The average Bonchev–Trinajstić information content (AvgIpc) is 2.83. The van der Waals surface area contributed by atoms with E-state index >= 15 is 0 Å². The van der Waals surface area contributed by atoms with Crippen LogP contribution >= 0.6 is 0 Å². The Kier molecular flexibility index (Phi) is 5.71. The molecule has 134 valence electrons. The first-order valence-electron chi connectivity index (χ1n) is 7.55. The topological polar surface area (TPSA) is 59.0 Å². The molecule has 24 heavy (non-hydrogen) atoms. The number of rotatable bonds is 6. The highest BCUT2D eigenvalue weighted by atomic mass is 19.4. The van der Waals surface area contributed by atoms with E-state index in [0.29, 0.717) is 6.42 Å². The van der Waals surface area contributed by atoms with E-state index < -0.39 is 23.9 Å². The summed E-state index contributed by atoms with van der Waals surface area (Å²) in [7, 11) is 1.70. The number of halogens is 3. The fourth-order valence-corrected chi connectivity index (χ4v) is 2.54. The normalized spacial score (nSPS) is 22.5. The lowest BCUT2D eigenvalue weighted by Gasteiger charge is -2.24. The number of ether oxygens (including phenoxy) is 2. The Morgan fingerprint density at radius 2 is 2.00 bits per heavy atom. The van der Waals surface area contributed by atoms with Crippen LogP contribution in [-0.2, 0) is 15.7 Å². The van der Waals surface area contributed by atoms with Crippen LogP contribution in [-0.4, -0.2) is 54.4 Å². The second-order valence-electron chi connectivity index (χ2n) is 5.93. The molecule has 0 aliphatic carbocycles. The van der Waals surface area contributed by atoms with Crippen LogP contribution in [0.25, 0.3) is 0 Å². The van der Waals surface area contributed by atoms with E-state index in [2.05, 4.69) is 0 Å². The highest BCUT2D eigenvalue weighted by Gasteiger charge is 2.35. The van der Waals surface area contributed by atoms with Gasteiger partial charge in [0.15, 0.2) is 0 Å². The molecule has 0 spiro atoms. The molecule has 1 heterocycles. The summed E-state index contributed by atoms with van der Waals surface area (Å²) in [6.45, 7) is 1.90. The molecule has 1 saturated heterocycles. The molecular weight excluding hydrogens is 327 g/mol. The van der Waals surface area contributed by atoms with Gasteiger partial charge in [-0.1, -0.05) is 0 Å². The molecule has 2 rings (SSSR count). The van der Waals surface area contributed by atoms with Crippen molar-refractivity contribution in [1.82, 2.24) is 4.90 Å². The second kappa shape index (κ2) is 7.40. The van der Waals surface area contributed by atoms with Gasteiger partial charge in [-0.2, -0.15) is 13.2 Å². The molecular formula is C16H20F3NO4. The van der Waals surface area contributed by atoms with Crippen LogP contribution in [0.15, 0.2) is 24.3 Å². The molecule has 5 nitrogen and oxygen atoms in total. The number of alkyl halides is 3. The lowest BCUT2D eigenvalue weighted by molar-refractivity contribution is -0.144. The maximum absolute atomic E-state index is 12.5. The minimum atomic E-state index is -4.40. The van der Waals surface area contributed by atoms with E-state index in [0.717, 1.165) is 12.1 Å². The number of carbonyl (C=O) groups is 1. The van der Waals surface area contributed by atoms with E-state index in [1.807, 2.05) is 0 Å². The predicted molar refractivity (Wildman–Crippen MR) is 79.5 cm³/mol. The van der Waals surface area contributed by atoms with Crippen LogP contribution in [0.4, 0.5) is 13.2 Å². The molecule has 0 amide bonds. The maximum Gasteiger partial charge on any atom is 0.416 e. The third-order valence-electron chi connectivity index (χ3n) is 3.80. The summed E-state index contributed by atoms with van der Waals surface area (Å²) in [6, 6.07) is 3.85. The number of likely N-dealkylation sites (N-methyl/N-ethyl adjacent to an activating group) is 1. The summed E-state index contributed by atoms with van der Waals surface area (Å²) in [6.07, 6.45) is -4.87. The van der Waals surface area contributed by atoms with Gasteiger partial charge in [0, 0.05) is 13.0 Å². The number of nitrogens with zero attached hydrogens (tertiary/aromatic N) is 1. The molecule has 0 bridgehead atoms. The highest BCUT2D eigenvalue weighted by Crippen LogP contribution is 2.30. The zero-order valence-electron chi connectivity index (χ0n) is 13.4. The fraction of sp³-hybridized carbons (Fsp3) is 0.562.